The number of carbonyl (C=O) groups is 2. The molecule has 2 aromatic carbocycles. The summed E-state index contributed by atoms with van der Waals surface area (Å²) in [5.74, 6) is 0.0303. The van der Waals surface area contributed by atoms with Gasteiger partial charge in [-0.05, 0) is 48.5 Å². The first kappa shape index (κ1) is 31.0. The van der Waals surface area contributed by atoms with Crippen molar-refractivity contribution in [3.05, 3.63) is 76.6 Å². The van der Waals surface area contributed by atoms with Gasteiger partial charge in [0.25, 0.3) is 5.91 Å². The summed E-state index contributed by atoms with van der Waals surface area (Å²) in [6.07, 6.45) is -4.32. The number of benzene rings is 2. The average molecular weight is 547 g/mol. The molecule has 9 nitrogen and oxygen atoms in total. The molecule has 1 aromatic heterocycles. The zero-order chi connectivity index (χ0) is 29.3. The minimum atomic E-state index is -4.47. The third-order valence-corrected chi connectivity index (χ3v) is 5.23. The number of hydrogen-bond donors (Lipinski definition) is 3. The maximum Gasteiger partial charge on any atom is 0.416 e. The lowest BCUT2D eigenvalue weighted by atomic mass is 10.1. The number of aromatic nitrogens is 2. The zero-order valence-corrected chi connectivity index (χ0v) is 22.5. The van der Waals surface area contributed by atoms with Gasteiger partial charge in [-0.15, -0.1) is 0 Å². The van der Waals surface area contributed by atoms with Crippen molar-refractivity contribution >= 4 is 29.2 Å². The van der Waals surface area contributed by atoms with Gasteiger partial charge in [0.1, 0.15) is 17.5 Å². The number of halogens is 3. The number of carboxylic acids is 1. The van der Waals surface area contributed by atoms with Gasteiger partial charge < -0.3 is 26.0 Å². The summed E-state index contributed by atoms with van der Waals surface area (Å²) in [5.41, 5.74) is 5.97. The van der Waals surface area contributed by atoms with E-state index in [2.05, 4.69) is 15.3 Å². The van der Waals surface area contributed by atoms with E-state index in [4.69, 9.17) is 5.73 Å². The second-order valence-corrected chi connectivity index (χ2v) is 8.94. The first-order valence-corrected chi connectivity index (χ1v) is 12.0. The van der Waals surface area contributed by atoms with Crippen molar-refractivity contribution in [2.24, 2.45) is 5.73 Å². The molecule has 4 N–H and O–H groups in total. The molecule has 0 aliphatic heterocycles. The molecule has 0 saturated carbocycles. The minimum absolute atomic E-state index is 0.106. The molecule has 210 valence electrons. The van der Waals surface area contributed by atoms with Gasteiger partial charge in [-0.25, -0.2) is 9.97 Å². The van der Waals surface area contributed by atoms with Crippen molar-refractivity contribution in [1.82, 2.24) is 9.97 Å². The fraction of sp³-hybridized carbons (Fsp3) is 0.333. The van der Waals surface area contributed by atoms with Crippen LogP contribution in [-0.4, -0.2) is 61.7 Å². The number of aliphatic carboxylic acids is 1. The standard InChI is InChI=1S/C25H26F3N5O3.C2H7N/c1-32(2)22-19(14-21(34)35)23(33(3)4)31-20(30-22)13-15-5-11-18(12-6-15)29-24(36)16-7-9-17(10-8-16)25(26,27)28;1-2-3/h5-12H,13-14H2,1-4H3,(H,29,36)(H,34,35);2-3H2,1H3. The highest BCUT2D eigenvalue weighted by Crippen LogP contribution is 2.29. The van der Waals surface area contributed by atoms with E-state index in [1.807, 2.05) is 6.92 Å². The third-order valence-electron chi connectivity index (χ3n) is 5.23. The van der Waals surface area contributed by atoms with Gasteiger partial charge in [-0.3, -0.25) is 9.59 Å². The summed E-state index contributed by atoms with van der Waals surface area (Å²) in [7, 11) is 7.13. The van der Waals surface area contributed by atoms with Crippen LogP contribution in [0.1, 0.15) is 39.8 Å². The van der Waals surface area contributed by atoms with Crippen LogP contribution in [0.3, 0.4) is 0 Å². The molecular weight excluding hydrogens is 513 g/mol. The van der Waals surface area contributed by atoms with Gasteiger partial charge >= 0.3 is 12.1 Å². The maximum atomic E-state index is 12.7. The van der Waals surface area contributed by atoms with E-state index in [0.29, 0.717) is 35.1 Å². The normalized spacial score (nSPS) is 10.8. The Labute approximate surface area is 225 Å². The average Bonchev–Trinajstić information content (AvgIpc) is 2.85. The predicted octanol–water partition coefficient (Wildman–Crippen LogP) is 4.06. The number of carbonyl (C=O) groups excluding carboxylic acids is 1. The molecule has 0 radical (unpaired) electrons. The Kier molecular flexibility index (Phi) is 10.8. The van der Waals surface area contributed by atoms with Crippen LogP contribution < -0.4 is 20.9 Å². The molecule has 1 amide bonds. The smallest absolute Gasteiger partial charge is 0.416 e. The van der Waals surface area contributed by atoms with Crippen molar-refractivity contribution in [2.45, 2.75) is 25.9 Å². The van der Waals surface area contributed by atoms with Crippen LogP contribution in [0.25, 0.3) is 0 Å². The Hall–Kier alpha value is -4.19. The van der Waals surface area contributed by atoms with Crippen LogP contribution in [0.15, 0.2) is 48.5 Å². The Morgan fingerprint density at radius 1 is 0.923 bits per heavy atom. The molecule has 0 fully saturated rings. The zero-order valence-electron chi connectivity index (χ0n) is 22.5. The summed E-state index contributed by atoms with van der Waals surface area (Å²) in [4.78, 5) is 36.4. The highest BCUT2D eigenvalue weighted by Gasteiger charge is 2.30. The van der Waals surface area contributed by atoms with Gasteiger partial charge in [0.2, 0.25) is 0 Å². The van der Waals surface area contributed by atoms with E-state index >= 15 is 0 Å². The van der Waals surface area contributed by atoms with Crippen LogP contribution in [0.2, 0.25) is 0 Å². The van der Waals surface area contributed by atoms with Gasteiger partial charge in [0.05, 0.1) is 12.0 Å². The Bertz CT molecular complexity index is 1230. The number of alkyl halides is 3. The molecule has 0 atom stereocenters. The number of rotatable bonds is 8. The van der Waals surface area contributed by atoms with Crippen molar-refractivity contribution in [2.75, 3.05) is 49.9 Å². The highest BCUT2D eigenvalue weighted by molar-refractivity contribution is 6.04. The van der Waals surface area contributed by atoms with E-state index < -0.39 is 23.6 Å². The number of hydrogen-bond acceptors (Lipinski definition) is 7. The largest absolute Gasteiger partial charge is 0.481 e. The second-order valence-electron chi connectivity index (χ2n) is 8.94. The number of carboxylic acid groups (broad SMARTS) is 1. The highest BCUT2D eigenvalue weighted by atomic mass is 19.4. The molecule has 0 bridgehead atoms. The lowest BCUT2D eigenvalue weighted by Gasteiger charge is -2.22. The molecule has 39 heavy (non-hydrogen) atoms. The molecule has 1 heterocycles. The summed E-state index contributed by atoms with van der Waals surface area (Å²) in [6, 6.07) is 10.9. The van der Waals surface area contributed by atoms with Crippen LogP contribution >= 0.6 is 0 Å². The Balaban J connectivity index is 0.00000170. The lowest BCUT2D eigenvalue weighted by molar-refractivity contribution is -0.138. The van der Waals surface area contributed by atoms with Crippen LogP contribution in [-0.2, 0) is 23.8 Å². The first-order valence-electron chi connectivity index (χ1n) is 12.0. The molecule has 3 aromatic rings. The number of nitrogens with two attached hydrogens (primary N) is 1. The number of amides is 1. The van der Waals surface area contributed by atoms with Crippen molar-refractivity contribution in [3.8, 4) is 0 Å². The maximum absolute atomic E-state index is 12.7. The minimum Gasteiger partial charge on any atom is -0.481 e. The molecule has 3 rings (SSSR count). The molecule has 0 unspecified atom stereocenters. The van der Waals surface area contributed by atoms with Gasteiger partial charge in [-0.1, -0.05) is 19.1 Å². The number of nitrogens with zero attached hydrogens (tertiary/aromatic N) is 4. The molecular formula is C27H33F3N6O3. The van der Waals surface area contributed by atoms with Gasteiger partial charge in [0, 0.05) is 51.4 Å². The molecule has 0 spiro atoms. The quantitative estimate of drug-likeness (QED) is 0.386. The van der Waals surface area contributed by atoms with E-state index in [1.54, 1.807) is 62.3 Å². The molecule has 0 aliphatic carbocycles. The molecule has 12 heteroatoms. The van der Waals surface area contributed by atoms with Gasteiger partial charge in [0.15, 0.2) is 0 Å². The van der Waals surface area contributed by atoms with E-state index in [1.165, 1.54) is 0 Å². The van der Waals surface area contributed by atoms with Crippen LogP contribution in [0, 0.1) is 0 Å². The fourth-order valence-corrected chi connectivity index (χ4v) is 3.54. The Morgan fingerprint density at radius 3 is 1.82 bits per heavy atom. The summed E-state index contributed by atoms with van der Waals surface area (Å²) < 4.78 is 38.1. The van der Waals surface area contributed by atoms with Crippen LogP contribution in [0.5, 0.6) is 0 Å². The van der Waals surface area contributed by atoms with Crippen molar-refractivity contribution in [1.29, 1.82) is 0 Å². The third kappa shape index (κ3) is 8.95. The topological polar surface area (TPSA) is 125 Å². The lowest BCUT2D eigenvalue weighted by Crippen LogP contribution is -2.22. The summed E-state index contributed by atoms with van der Waals surface area (Å²) in [6.45, 7) is 2.65. The first-order chi connectivity index (χ1) is 18.3. The van der Waals surface area contributed by atoms with Gasteiger partial charge in [-0.2, -0.15) is 13.2 Å². The number of anilines is 3. The molecule has 0 saturated heterocycles. The number of nitrogens with one attached hydrogen (secondary N) is 1. The summed E-state index contributed by atoms with van der Waals surface area (Å²) in [5, 5.41) is 12.0. The second kappa shape index (κ2) is 13.6. The SMILES string of the molecule is CCN.CN(C)c1nc(Cc2ccc(NC(=O)c3ccc(C(F)(F)F)cc3)cc2)nc(N(C)C)c1CC(=O)O. The van der Waals surface area contributed by atoms with Crippen molar-refractivity contribution in [3.63, 3.8) is 0 Å². The predicted molar refractivity (Wildman–Crippen MR) is 145 cm³/mol. The molecule has 0 aliphatic rings. The van der Waals surface area contributed by atoms with E-state index in [9.17, 15) is 27.9 Å². The van der Waals surface area contributed by atoms with E-state index in [0.717, 1.165) is 36.4 Å². The summed E-state index contributed by atoms with van der Waals surface area (Å²) >= 11 is 0. The van der Waals surface area contributed by atoms with Crippen LogP contribution in [0.4, 0.5) is 30.5 Å². The fourth-order valence-electron chi connectivity index (χ4n) is 3.54. The monoisotopic (exact) mass is 546 g/mol. The van der Waals surface area contributed by atoms with E-state index in [-0.39, 0.29) is 12.0 Å². The van der Waals surface area contributed by atoms with Crippen molar-refractivity contribution < 1.29 is 27.9 Å². The Morgan fingerprint density at radius 2 is 1.41 bits per heavy atom.